The lowest BCUT2D eigenvalue weighted by Crippen LogP contribution is -2.53. The van der Waals surface area contributed by atoms with Gasteiger partial charge in [-0.05, 0) is 29.2 Å². The molecule has 3 rings (SSSR count). The molecular weight excluding hydrogens is 408 g/mol. The minimum absolute atomic E-state index is 0.0701. The summed E-state index contributed by atoms with van der Waals surface area (Å²) in [5.74, 6) is 2.13. The van der Waals surface area contributed by atoms with Crippen LogP contribution < -0.4 is 4.74 Å². The number of piperazine rings is 1. The molecule has 31 heavy (non-hydrogen) atoms. The molecule has 2 aromatic carbocycles. The minimum atomic E-state index is -0.0701. The van der Waals surface area contributed by atoms with Crippen molar-refractivity contribution in [1.82, 2.24) is 9.80 Å². The van der Waals surface area contributed by atoms with E-state index in [1.165, 1.54) is 5.56 Å². The third-order valence-electron chi connectivity index (χ3n) is 5.55. The Morgan fingerprint density at radius 1 is 0.935 bits per heavy atom. The minimum Gasteiger partial charge on any atom is -0.497 e. The van der Waals surface area contributed by atoms with Gasteiger partial charge in [-0.2, -0.15) is 0 Å². The van der Waals surface area contributed by atoms with E-state index < -0.39 is 0 Å². The van der Waals surface area contributed by atoms with Gasteiger partial charge in [0.25, 0.3) is 0 Å². The molecule has 0 aromatic heterocycles. The largest absolute Gasteiger partial charge is 0.497 e. The number of methoxy groups -OCH3 is 1. The van der Waals surface area contributed by atoms with Crippen LogP contribution in [0.15, 0.2) is 54.6 Å². The molecule has 6 heteroatoms. The first-order valence-electron chi connectivity index (χ1n) is 10.8. The molecule has 1 unspecified atom stereocenters. The van der Waals surface area contributed by atoms with Crippen molar-refractivity contribution >= 4 is 23.6 Å². The van der Waals surface area contributed by atoms with Crippen molar-refractivity contribution in [2.24, 2.45) is 5.92 Å². The number of hydrogen-bond donors (Lipinski definition) is 0. The number of rotatable bonds is 8. The molecule has 1 aliphatic heterocycles. The van der Waals surface area contributed by atoms with E-state index in [1.54, 1.807) is 18.9 Å². The Morgan fingerprint density at radius 2 is 1.58 bits per heavy atom. The lowest BCUT2D eigenvalue weighted by molar-refractivity contribution is -0.139. The first-order valence-corrected chi connectivity index (χ1v) is 11.9. The van der Waals surface area contributed by atoms with Gasteiger partial charge >= 0.3 is 0 Å². The average Bonchev–Trinajstić information content (AvgIpc) is 2.79. The average molecular weight is 441 g/mol. The quantitative estimate of drug-likeness (QED) is 0.625. The number of benzene rings is 2. The van der Waals surface area contributed by atoms with Crippen molar-refractivity contribution in [2.75, 3.05) is 33.3 Å². The van der Waals surface area contributed by atoms with E-state index in [-0.39, 0.29) is 23.0 Å². The highest BCUT2D eigenvalue weighted by molar-refractivity contribution is 7.99. The van der Waals surface area contributed by atoms with E-state index in [0.717, 1.165) is 17.1 Å². The summed E-state index contributed by atoms with van der Waals surface area (Å²) in [6, 6.07) is 17.9. The van der Waals surface area contributed by atoms with Crippen molar-refractivity contribution in [1.29, 1.82) is 0 Å². The first kappa shape index (κ1) is 23.2. The molecule has 2 aromatic rings. The van der Waals surface area contributed by atoms with Gasteiger partial charge in [0.15, 0.2) is 0 Å². The van der Waals surface area contributed by atoms with Crippen molar-refractivity contribution in [3.05, 3.63) is 65.7 Å². The van der Waals surface area contributed by atoms with E-state index in [9.17, 15) is 9.59 Å². The van der Waals surface area contributed by atoms with Gasteiger partial charge in [-0.3, -0.25) is 9.59 Å². The van der Waals surface area contributed by atoms with Crippen molar-refractivity contribution < 1.29 is 14.3 Å². The van der Waals surface area contributed by atoms with Crippen LogP contribution in [0.1, 0.15) is 25.0 Å². The normalized spacial score (nSPS) is 15.1. The molecule has 2 amide bonds. The molecule has 1 atom stereocenters. The highest BCUT2D eigenvalue weighted by Gasteiger charge is 2.31. The number of carbonyl (C=O) groups is 2. The Labute approximate surface area is 189 Å². The van der Waals surface area contributed by atoms with Crippen LogP contribution in [0.5, 0.6) is 5.75 Å². The monoisotopic (exact) mass is 440 g/mol. The highest BCUT2D eigenvalue weighted by atomic mass is 32.2. The van der Waals surface area contributed by atoms with Gasteiger partial charge in [0.05, 0.1) is 18.8 Å². The maximum atomic E-state index is 13.2. The van der Waals surface area contributed by atoms with Crippen LogP contribution in [0.3, 0.4) is 0 Å². The van der Waals surface area contributed by atoms with Crippen LogP contribution in [-0.2, 0) is 21.8 Å². The van der Waals surface area contributed by atoms with Gasteiger partial charge in [-0.1, -0.05) is 56.3 Å². The maximum Gasteiger partial charge on any atom is 0.236 e. The summed E-state index contributed by atoms with van der Waals surface area (Å²) in [4.78, 5) is 29.7. The van der Waals surface area contributed by atoms with Crippen LogP contribution in [-0.4, -0.2) is 60.2 Å². The van der Waals surface area contributed by atoms with Crippen LogP contribution in [0.25, 0.3) is 0 Å². The van der Waals surface area contributed by atoms with Gasteiger partial charge < -0.3 is 14.5 Å². The number of carbonyl (C=O) groups excluding carboxylic acids is 2. The Balaban J connectivity index is 1.52. The third kappa shape index (κ3) is 6.50. The zero-order chi connectivity index (χ0) is 22.2. The smallest absolute Gasteiger partial charge is 0.236 e. The predicted molar refractivity (Wildman–Crippen MR) is 126 cm³/mol. The molecule has 5 nitrogen and oxygen atoms in total. The summed E-state index contributed by atoms with van der Waals surface area (Å²) in [5, 5.41) is -0.0701. The molecule has 166 valence electrons. The van der Waals surface area contributed by atoms with Crippen LogP contribution >= 0.6 is 11.8 Å². The number of nitrogens with zero attached hydrogens (tertiary/aromatic N) is 2. The molecule has 0 saturated carbocycles. The van der Waals surface area contributed by atoms with E-state index in [4.69, 9.17) is 4.74 Å². The lowest BCUT2D eigenvalue weighted by Gasteiger charge is -2.37. The fourth-order valence-corrected chi connectivity index (χ4v) is 4.98. The Hall–Kier alpha value is -2.47. The fourth-order valence-electron chi connectivity index (χ4n) is 3.73. The summed E-state index contributed by atoms with van der Waals surface area (Å²) in [6.07, 6.45) is 0.354. The zero-order valence-electron chi connectivity index (χ0n) is 18.6. The summed E-state index contributed by atoms with van der Waals surface area (Å²) in [5.41, 5.74) is 2.18. The highest BCUT2D eigenvalue weighted by Crippen LogP contribution is 2.26. The van der Waals surface area contributed by atoms with Crippen molar-refractivity contribution in [2.45, 2.75) is 31.3 Å². The van der Waals surface area contributed by atoms with Crippen molar-refractivity contribution in [3.63, 3.8) is 0 Å². The molecule has 1 aliphatic rings. The molecule has 0 radical (unpaired) electrons. The molecule has 0 N–H and O–H groups in total. The topological polar surface area (TPSA) is 49.9 Å². The predicted octanol–water partition coefficient (Wildman–Crippen LogP) is 3.87. The second-order valence-corrected chi connectivity index (χ2v) is 9.33. The Morgan fingerprint density at radius 3 is 2.23 bits per heavy atom. The summed E-state index contributed by atoms with van der Waals surface area (Å²) in [6.45, 7) is 6.57. The molecular formula is C25H32N2O3S. The molecule has 0 spiro atoms. The standard InChI is InChI=1S/C25H32N2O3S/c1-19(2)24(31-18-20-8-5-4-6-9-20)25(29)27-14-12-26(13-15-27)23(28)17-21-10-7-11-22(16-21)30-3/h4-11,16,19,24H,12-15,17-18H2,1-3H3. The number of thioether (sulfide) groups is 1. The van der Waals surface area contributed by atoms with Gasteiger partial charge in [0.1, 0.15) is 5.75 Å². The van der Waals surface area contributed by atoms with Gasteiger partial charge in [-0.25, -0.2) is 0 Å². The van der Waals surface area contributed by atoms with E-state index in [0.29, 0.717) is 32.6 Å². The van der Waals surface area contributed by atoms with Gasteiger partial charge in [0.2, 0.25) is 11.8 Å². The summed E-state index contributed by atoms with van der Waals surface area (Å²) >= 11 is 1.71. The first-order chi connectivity index (χ1) is 15.0. The Kier molecular flexibility index (Phi) is 8.41. The van der Waals surface area contributed by atoms with Crippen LogP contribution in [0.2, 0.25) is 0 Å². The molecule has 0 bridgehead atoms. The number of hydrogen-bond acceptors (Lipinski definition) is 4. The fraction of sp³-hybridized carbons (Fsp3) is 0.440. The van der Waals surface area contributed by atoms with Gasteiger partial charge in [-0.15, -0.1) is 11.8 Å². The third-order valence-corrected chi connectivity index (χ3v) is 7.16. The second-order valence-electron chi connectivity index (χ2n) is 8.20. The molecule has 0 aliphatic carbocycles. The van der Waals surface area contributed by atoms with E-state index >= 15 is 0 Å². The second kappa shape index (κ2) is 11.2. The number of ether oxygens (including phenoxy) is 1. The zero-order valence-corrected chi connectivity index (χ0v) is 19.4. The maximum absolute atomic E-state index is 13.2. The number of amides is 2. The molecule has 1 saturated heterocycles. The SMILES string of the molecule is COc1cccc(CC(=O)N2CCN(C(=O)C(SCc3ccccc3)C(C)C)CC2)c1. The van der Waals surface area contributed by atoms with Crippen LogP contribution in [0, 0.1) is 5.92 Å². The van der Waals surface area contributed by atoms with Crippen LogP contribution in [0.4, 0.5) is 0 Å². The molecule has 1 heterocycles. The lowest BCUT2D eigenvalue weighted by atomic mass is 10.1. The van der Waals surface area contributed by atoms with E-state index in [1.807, 2.05) is 52.3 Å². The van der Waals surface area contributed by atoms with Crippen molar-refractivity contribution in [3.8, 4) is 5.75 Å². The molecule has 1 fully saturated rings. The summed E-state index contributed by atoms with van der Waals surface area (Å²) in [7, 11) is 1.62. The summed E-state index contributed by atoms with van der Waals surface area (Å²) < 4.78 is 5.24. The Bertz CT molecular complexity index is 864. The van der Waals surface area contributed by atoms with Gasteiger partial charge in [0, 0.05) is 31.9 Å². The van der Waals surface area contributed by atoms with E-state index in [2.05, 4.69) is 26.0 Å².